The van der Waals surface area contributed by atoms with Crippen molar-refractivity contribution in [1.82, 2.24) is 4.57 Å². The number of para-hydroxylation sites is 2. The number of benzene rings is 6. The lowest BCUT2D eigenvalue weighted by Gasteiger charge is -2.21. The van der Waals surface area contributed by atoms with Crippen LogP contribution in [0, 0.1) is 0 Å². The predicted molar refractivity (Wildman–Crippen MR) is 166 cm³/mol. The van der Waals surface area contributed by atoms with Crippen molar-refractivity contribution in [2.45, 2.75) is 0 Å². The number of fused-ring (bicyclic) bond motifs is 3. The summed E-state index contributed by atoms with van der Waals surface area (Å²) in [5.74, 6) is 0. The van der Waals surface area contributed by atoms with Gasteiger partial charge in [-0.05, 0) is 70.8 Å². The molecule has 0 unspecified atom stereocenters. The Morgan fingerprint density at radius 1 is 0.410 bits per heavy atom. The number of nitrogens with zero attached hydrogens (tertiary/aromatic N) is 2. The van der Waals surface area contributed by atoms with E-state index in [1.165, 1.54) is 55.4 Å². The molecular weight excluding hydrogens is 472 g/mol. The molecule has 0 bridgehead atoms. The second kappa shape index (κ2) is 9.66. The highest BCUT2D eigenvalue weighted by Crippen LogP contribution is 2.33. The molecule has 7 aromatic rings. The highest BCUT2D eigenvalue weighted by molar-refractivity contribution is 6.09. The number of hydrogen-bond donors (Lipinski definition) is 0. The van der Waals surface area contributed by atoms with E-state index in [0.29, 0.717) is 0 Å². The largest absolute Gasteiger partial charge is 0.345 e. The zero-order valence-electron chi connectivity index (χ0n) is 21.8. The second-order valence-electron chi connectivity index (χ2n) is 9.94. The first-order chi connectivity index (χ1) is 19.3. The minimum absolute atomic E-state index is 1.16. The topological polar surface area (TPSA) is 8.17 Å². The van der Waals surface area contributed by atoms with Gasteiger partial charge in [-0.3, -0.25) is 0 Å². The van der Waals surface area contributed by atoms with Crippen LogP contribution in [0.25, 0.3) is 49.7 Å². The predicted octanol–water partition coefficient (Wildman–Crippen LogP) is 9.89. The number of aromatic nitrogens is 1. The van der Waals surface area contributed by atoms with Gasteiger partial charge in [0, 0.05) is 34.9 Å². The van der Waals surface area contributed by atoms with Gasteiger partial charge in [-0.15, -0.1) is 0 Å². The summed E-state index contributed by atoms with van der Waals surface area (Å²) in [6.45, 7) is 0. The molecule has 0 saturated heterocycles. The standard InChI is InChI=1S/C37H28N2/c1-38(33-13-9-12-30(26-33)27-10-3-2-4-11-27)31-22-18-28(19-23-31)29-20-24-32(25-21-29)39-36-16-7-5-14-34(36)35-15-6-8-17-37(35)39/h2-26H,1H3. The smallest absolute Gasteiger partial charge is 0.0541 e. The third-order valence-electron chi connectivity index (χ3n) is 7.63. The van der Waals surface area contributed by atoms with Crippen LogP contribution in [0.3, 0.4) is 0 Å². The van der Waals surface area contributed by atoms with Crippen LogP contribution >= 0.6 is 0 Å². The fraction of sp³-hybridized carbons (Fsp3) is 0.0270. The molecule has 186 valence electrons. The van der Waals surface area contributed by atoms with Crippen molar-refractivity contribution in [3.63, 3.8) is 0 Å². The molecule has 7 rings (SSSR count). The summed E-state index contributed by atoms with van der Waals surface area (Å²) in [6, 6.07) is 54.2. The van der Waals surface area contributed by atoms with Gasteiger partial charge in [0.05, 0.1) is 11.0 Å². The Morgan fingerprint density at radius 2 is 0.923 bits per heavy atom. The number of hydrogen-bond acceptors (Lipinski definition) is 1. The van der Waals surface area contributed by atoms with Gasteiger partial charge in [0.2, 0.25) is 0 Å². The first kappa shape index (κ1) is 23.1. The third-order valence-corrected chi connectivity index (χ3v) is 7.63. The van der Waals surface area contributed by atoms with Gasteiger partial charge in [0.15, 0.2) is 0 Å². The molecule has 0 spiro atoms. The van der Waals surface area contributed by atoms with Crippen LogP contribution in [0.1, 0.15) is 0 Å². The fourth-order valence-corrected chi connectivity index (χ4v) is 5.55. The minimum atomic E-state index is 1.16. The average Bonchev–Trinajstić information content (AvgIpc) is 3.36. The lowest BCUT2D eigenvalue weighted by Crippen LogP contribution is -2.09. The SMILES string of the molecule is CN(c1ccc(-c2ccc(-n3c4ccccc4c4ccccc43)cc2)cc1)c1cccc(-c2ccccc2)c1. The van der Waals surface area contributed by atoms with Gasteiger partial charge in [0.25, 0.3) is 0 Å². The lowest BCUT2D eigenvalue weighted by molar-refractivity contribution is 1.18. The summed E-state index contributed by atoms with van der Waals surface area (Å²) >= 11 is 0. The van der Waals surface area contributed by atoms with E-state index >= 15 is 0 Å². The first-order valence-electron chi connectivity index (χ1n) is 13.3. The highest BCUT2D eigenvalue weighted by Gasteiger charge is 2.12. The van der Waals surface area contributed by atoms with Crippen LogP contribution in [0.4, 0.5) is 11.4 Å². The van der Waals surface area contributed by atoms with Crippen molar-refractivity contribution >= 4 is 33.2 Å². The average molecular weight is 501 g/mol. The molecule has 0 radical (unpaired) electrons. The third kappa shape index (κ3) is 4.17. The van der Waals surface area contributed by atoms with Crippen LogP contribution < -0.4 is 4.90 Å². The second-order valence-corrected chi connectivity index (χ2v) is 9.94. The quantitative estimate of drug-likeness (QED) is 0.228. The first-order valence-corrected chi connectivity index (χ1v) is 13.3. The van der Waals surface area contributed by atoms with E-state index < -0.39 is 0 Å². The molecular formula is C37H28N2. The van der Waals surface area contributed by atoms with Gasteiger partial charge in [0.1, 0.15) is 0 Å². The van der Waals surface area contributed by atoms with Crippen molar-refractivity contribution in [2.24, 2.45) is 0 Å². The molecule has 0 fully saturated rings. The molecule has 0 aliphatic rings. The normalized spacial score (nSPS) is 11.2. The van der Waals surface area contributed by atoms with Crippen LogP contribution in [-0.2, 0) is 0 Å². The molecule has 2 heteroatoms. The van der Waals surface area contributed by atoms with Crippen molar-refractivity contribution < 1.29 is 0 Å². The molecule has 0 atom stereocenters. The Labute approximate surface area is 229 Å². The van der Waals surface area contributed by atoms with Gasteiger partial charge in [-0.25, -0.2) is 0 Å². The Bertz CT molecular complexity index is 1840. The highest BCUT2D eigenvalue weighted by atomic mass is 15.1. The van der Waals surface area contributed by atoms with E-state index in [1.807, 2.05) is 0 Å². The Balaban J connectivity index is 1.17. The van der Waals surface area contributed by atoms with Gasteiger partial charge < -0.3 is 9.47 Å². The summed E-state index contributed by atoms with van der Waals surface area (Å²) in [7, 11) is 2.12. The van der Waals surface area contributed by atoms with Crippen LogP contribution in [0.2, 0.25) is 0 Å². The van der Waals surface area contributed by atoms with Crippen molar-refractivity contribution in [1.29, 1.82) is 0 Å². The molecule has 1 aromatic heterocycles. The number of anilines is 2. The van der Waals surface area contributed by atoms with Crippen LogP contribution in [-0.4, -0.2) is 11.6 Å². The van der Waals surface area contributed by atoms with E-state index in [1.54, 1.807) is 0 Å². The van der Waals surface area contributed by atoms with Crippen molar-refractivity contribution in [3.05, 3.63) is 152 Å². The Kier molecular flexibility index (Phi) is 5.71. The molecule has 39 heavy (non-hydrogen) atoms. The van der Waals surface area contributed by atoms with Gasteiger partial charge in [-0.1, -0.05) is 103 Å². The van der Waals surface area contributed by atoms with E-state index in [-0.39, 0.29) is 0 Å². The van der Waals surface area contributed by atoms with Crippen LogP contribution in [0.5, 0.6) is 0 Å². The minimum Gasteiger partial charge on any atom is -0.345 e. The maximum Gasteiger partial charge on any atom is 0.0541 e. The van der Waals surface area contributed by atoms with Crippen molar-refractivity contribution in [3.8, 4) is 27.9 Å². The molecule has 0 N–H and O–H groups in total. The Hall–Kier alpha value is -5.08. The number of rotatable bonds is 5. The molecule has 1 heterocycles. The molecule has 0 aliphatic carbocycles. The zero-order valence-corrected chi connectivity index (χ0v) is 21.8. The van der Waals surface area contributed by atoms with Crippen molar-refractivity contribution in [2.75, 3.05) is 11.9 Å². The molecule has 0 amide bonds. The van der Waals surface area contributed by atoms with E-state index in [0.717, 1.165) is 5.69 Å². The van der Waals surface area contributed by atoms with E-state index in [9.17, 15) is 0 Å². The Morgan fingerprint density at radius 3 is 1.56 bits per heavy atom. The summed E-state index contributed by atoms with van der Waals surface area (Å²) < 4.78 is 2.36. The maximum atomic E-state index is 2.36. The molecule has 0 aliphatic heterocycles. The molecule has 6 aromatic carbocycles. The van der Waals surface area contributed by atoms with Crippen LogP contribution in [0.15, 0.2) is 152 Å². The maximum absolute atomic E-state index is 2.36. The molecule has 2 nitrogen and oxygen atoms in total. The van der Waals surface area contributed by atoms with E-state index in [4.69, 9.17) is 0 Å². The van der Waals surface area contributed by atoms with Gasteiger partial charge in [-0.2, -0.15) is 0 Å². The summed E-state index contributed by atoms with van der Waals surface area (Å²) in [5.41, 5.74) is 10.8. The molecule has 0 saturated carbocycles. The summed E-state index contributed by atoms with van der Waals surface area (Å²) in [4.78, 5) is 2.24. The van der Waals surface area contributed by atoms with Gasteiger partial charge >= 0.3 is 0 Å². The van der Waals surface area contributed by atoms with E-state index in [2.05, 4.69) is 168 Å². The summed E-state index contributed by atoms with van der Waals surface area (Å²) in [5, 5.41) is 2.57. The monoisotopic (exact) mass is 500 g/mol. The summed E-state index contributed by atoms with van der Waals surface area (Å²) in [6.07, 6.45) is 0. The fourth-order valence-electron chi connectivity index (χ4n) is 5.55. The lowest BCUT2D eigenvalue weighted by atomic mass is 10.0. The zero-order chi connectivity index (χ0) is 26.2.